The highest BCUT2D eigenvalue weighted by Crippen LogP contribution is 2.27. The number of aryl methyl sites for hydroxylation is 1. The molecule has 0 aliphatic heterocycles. The minimum atomic E-state index is -0.168. The number of nitrogens with zero attached hydrogens (tertiary/aromatic N) is 1. The molecule has 0 aliphatic rings. The summed E-state index contributed by atoms with van der Waals surface area (Å²) in [5.74, 6) is 1.16. The van der Waals surface area contributed by atoms with E-state index in [1.807, 2.05) is 49.4 Å². The molecule has 0 radical (unpaired) electrons. The summed E-state index contributed by atoms with van der Waals surface area (Å²) in [5, 5.41) is 4.01. The van der Waals surface area contributed by atoms with Crippen LogP contribution in [0.25, 0.3) is 11.3 Å². The van der Waals surface area contributed by atoms with Crippen molar-refractivity contribution < 1.29 is 9.21 Å². The normalized spacial score (nSPS) is 11.8. The van der Waals surface area contributed by atoms with Crippen molar-refractivity contribution in [3.63, 3.8) is 0 Å². The number of hydrogen-bond donors (Lipinski definition) is 1. The van der Waals surface area contributed by atoms with Crippen LogP contribution in [0.1, 0.15) is 43.2 Å². The Balaban J connectivity index is 1.56. The summed E-state index contributed by atoms with van der Waals surface area (Å²) in [6.07, 6.45) is 1.79. The number of carbonyl (C=O) groups is 1. The Kier molecular flexibility index (Phi) is 6.38. The first-order valence-electron chi connectivity index (χ1n) is 9.50. The molecule has 0 bridgehead atoms. The third-order valence-corrected chi connectivity index (χ3v) is 5.50. The molecule has 0 aliphatic carbocycles. The molecular weight excluding hydrogens is 428 g/mol. The Morgan fingerprint density at radius 2 is 1.83 bits per heavy atom. The largest absolute Gasteiger partial charge is 0.455 e. The molecule has 0 atom stereocenters. The quantitative estimate of drug-likeness (QED) is 0.380. The number of rotatable bonds is 5. The second kappa shape index (κ2) is 8.78. The predicted octanol–water partition coefficient (Wildman–Crippen LogP) is 6.01. The highest BCUT2D eigenvalue weighted by molar-refractivity contribution is 9.10. The van der Waals surface area contributed by atoms with Crippen LogP contribution >= 0.6 is 15.9 Å². The average Bonchev–Trinajstić information content (AvgIpc) is 3.12. The molecular formula is C24H25BrN2O2. The number of carbonyl (C=O) groups excluding carboxylic acids is 1. The van der Waals surface area contributed by atoms with Crippen LogP contribution in [0.4, 0.5) is 0 Å². The van der Waals surface area contributed by atoms with Crippen LogP contribution in [-0.4, -0.2) is 12.1 Å². The molecule has 3 rings (SSSR count). The summed E-state index contributed by atoms with van der Waals surface area (Å²) in [6, 6.07) is 17.9. The predicted molar refractivity (Wildman–Crippen MR) is 121 cm³/mol. The Morgan fingerprint density at radius 1 is 1.10 bits per heavy atom. The van der Waals surface area contributed by atoms with Gasteiger partial charge in [-0.25, -0.2) is 5.43 Å². The number of halogens is 1. The van der Waals surface area contributed by atoms with E-state index in [1.54, 1.807) is 0 Å². The van der Waals surface area contributed by atoms with Crippen LogP contribution in [0.15, 0.2) is 68.6 Å². The zero-order valence-electron chi connectivity index (χ0n) is 17.1. The molecule has 1 N–H and O–H groups in total. The highest BCUT2D eigenvalue weighted by atomic mass is 79.9. The van der Waals surface area contributed by atoms with E-state index in [1.165, 1.54) is 11.8 Å². The summed E-state index contributed by atoms with van der Waals surface area (Å²) in [7, 11) is 0. The van der Waals surface area contributed by atoms with Crippen molar-refractivity contribution >= 4 is 28.1 Å². The first-order valence-corrected chi connectivity index (χ1v) is 10.3. The van der Waals surface area contributed by atoms with Crippen molar-refractivity contribution in [1.82, 2.24) is 5.43 Å². The fourth-order valence-corrected chi connectivity index (χ4v) is 3.22. The minimum absolute atomic E-state index is 0.0988. The van der Waals surface area contributed by atoms with Crippen molar-refractivity contribution in [3.05, 3.63) is 81.5 Å². The second-order valence-electron chi connectivity index (χ2n) is 8.08. The van der Waals surface area contributed by atoms with Gasteiger partial charge in [-0.15, -0.1) is 0 Å². The fourth-order valence-electron chi connectivity index (χ4n) is 2.84. The molecule has 0 unspecified atom stereocenters. The molecule has 5 heteroatoms. The van der Waals surface area contributed by atoms with Gasteiger partial charge in [0.05, 0.1) is 12.6 Å². The molecule has 4 nitrogen and oxygen atoms in total. The van der Waals surface area contributed by atoms with Gasteiger partial charge in [-0.05, 0) is 47.2 Å². The van der Waals surface area contributed by atoms with Gasteiger partial charge >= 0.3 is 0 Å². The van der Waals surface area contributed by atoms with E-state index >= 15 is 0 Å². The monoisotopic (exact) mass is 452 g/mol. The van der Waals surface area contributed by atoms with Gasteiger partial charge in [-0.1, -0.05) is 73.1 Å². The topological polar surface area (TPSA) is 54.6 Å². The van der Waals surface area contributed by atoms with Crippen LogP contribution in [0.3, 0.4) is 0 Å². The zero-order chi connectivity index (χ0) is 21.0. The number of hydrazone groups is 1. The van der Waals surface area contributed by atoms with Crippen molar-refractivity contribution in [2.24, 2.45) is 5.10 Å². The Labute approximate surface area is 180 Å². The van der Waals surface area contributed by atoms with E-state index in [9.17, 15) is 4.79 Å². The van der Waals surface area contributed by atoms with Gasteiger partial charge in [0.2, 0.25) is 5.91 Å². The van der Waals surface area contributed by atoms with E-state index < -0.39 is 0 Å². The van der Waals surface area contributed by atoms with E-state index in [0.717, 1.165) is 26.9 Å². The number of benzene rings is 2. The summed E-state index contributed by atoms with van der Waals surface area (Å²) in [6.45, 7) is 8.54. The molecule has 29 heavy (non-hydrogen) atoms. The number of hydrogen-bond acceptors (Lipinski definition) is 3. The molecule has 1 aromatic heterocycles. The molecule has 2 aromatic carbocycles. The Hall–Kier alpha value is -2.66. The Morgan fingerprint density at radius 3 is 2.48 bits per heavy atom. The van der Waals surface area contributed by atoms with Crippen molar-refractivity contribution in [3.8, 4) is 11.3 Å². The number of nitrogens with one attached hydrogen (secondary N) is 1. The molecule has 0 saturated heterocycles. The smallest absolute Gasteiger partial charge is 0.244 e. The second-order valence-corrected chi connectivity index (χ2v) is 8.94. The molecule has 1 heterocycles. The van der Waals surface area contributed by atoms with E-state index in [2.05, 4.69) is 59.4 Å². The van der Waals surface area contributed by atoms with Crippen LogP contribution in [0.2, 0.25) is 0 Å². The summed E-state index contributed by atoms with van der Waals surface area (Å²) < 4.78 is 6.82. The lowest BCUT2D eigenvalue weighted by Crippen LogP contribution is -2.20. The van der Waals surface area contributed by atoms with Gasteiger partial charge in [0.15, 0.2) is 0 Å². The maximum Gasteiger partial charge on any atom is 0.244 e. The van der Waals surface area contributed by atoms with Gasteiger partial charge in [-0.2, -0.15) is 5.10 Å². The van der Waals surface area contributed by atoms with Crippen LogP contribution < -0.4 is 5.43 Å². The average molecular weight is 453 g/mol. The zero-order valence-corrected chi connectivity index (χ0v) is 18.7. The first-order chi connectivity index (χ1) is 13.7. The summed E-state index contributed by atoms with van der Waals surface area (Å²) in [5.41, 5.74) is 6.99. The van der Waals surface area contributed by atoms with Crippen LogP contribution in [0.5, 0.6) is 0 Å². The highest BCUT2D eigenvalue weighted by Gasteiger charge is 2.13. The molecule has 150 valence electrons. The van der Waals surface area contributed by atoms with Gasteiger partial charge in [0, 0.05) is 10.0 Å². The van der Waals surface area contributed by atoms with Crippen LogP contribution in [-0.2, 0) is 16.6 Å². The lowest BCUT2D eigenvalue weighted by molar-refractivity contribution is -0.120. The minimum Gasteiger partial charge on any atom is -0.455 e. The van der Waals surface area contributed by atoms with E-state index in [-0.39, 0.29) is 17.7 Å². The molecule has 3 aromatic rings. The van der Waals surface area contributed by atoms with Crippen LogP contribution in [0, 0.1) is 6.92 Å². The molecule has 1 amide bonds. The van der Waals surface area contributed by atoms with Crippen molar-refractivity contribution in [2.45, 2.75) is 39.5 Å². The first kappa shape index (κ1) is 21.1. The fraction of sp³-hybridized carbons (Fsp3) is 0.250. The SMILES string of the molecule is Cc1ccc(-c2ccc(/C=N\NC(=O)Cc3ccc(C(C)(C)C)cc3)o2)cc1Br. The molecule has 0 spiro atoms. The standard InChI is InChI=1S/C24H25BrN2O2/c1-16-5-8-18(14-21(16)25)22-12-11-20(29-22)15-26-27-23(28)13-17-6-9-19(10-7-17)24(2,3)4/h5-12,14-15H,13H2,1-4H3,(H,27,28)/b26-15-. The number of furan rings is 1. The van der Waals surface area contributed by atoms with E-state index in [0.29, 0.717) is 5.76 Å². The maximum atomic E-state index is 12.1. The lowest BCUT2D eigenvalue weighted by atomic mass is 9.86. The van der Waals surface area contributed by atoms with Gasteiger partial charge in [-0.3, -0.25) is 4.79 Å². The third-order valence-electron chi connectivity index (χ3n) is 4.65. The van der Waals surface area contributed by atoms with Gasteiger partial charge < -0.3 is 4.42 Å². The Bertz CT molecular complexity index is 1030. The van der Waals surface area contributed by atoms with Gasteiger partial charge in [0.25, 0.3) is 0 Å². The summed E-state index contributed by atoms with van der Waals surface area (Å²) >= 11 is 3.53. The maximum absolute atomic E-state index is 12.1. The number of amides is 1. The lowest BCUT2D eigenvalue weighted by Gasteiger charge is -2.19. The van der Waals surface area contributed by atoms with Crippen molar-refractivity contribution in [1.29, 1.82) is 0 Å². The van der Waals surface area contributed by atoms with Gasteiger partial charge in [0.1, 0.15) is 11.5 Å². The molecule has 0 saturated carbocycles. The van der Waals surface area contributed by atoms with E-state index in [4.69, 9.17) is 4.42 Å². The third kappa shape index (κ3) is 5.67. The summed E-state index contributed by atoms with van der Waals surface area (Å²) in [4.78, 5) is 12.1. The van der Waals surface area contributed by atoms with Crippen molar-refractivity contribution in [2.75, 3.05) is 0 Å². The molecule has 0 fully saturated rings.